The SMILES string of the molecule is O=C(Nc1cccc(-c2ccc3c(c2)CCO3)c1)N1CCOc2ccccc2C1. The molecule has 2 heterocycles. The topological polar surface area (TPSA) is 50.8 Å². The Hall–Kier alpha value is -3.47. The second-order valence-electron chi connectivity index (χ2n) is 7.31. The van der Waals surface area contributed by atoms with Crippen LogP contribution in [0.5, 0.6) is 11.5 Å². The number of rotatable bonds is 2. The van der Waals surface area contributed by atoms with E-state index in [2.05, 4.69) is 23.5 Å². The van der Waals surface area contributed by atoms with E-state index in [4.69, 9.17) is 9.47 Å². The Bertz CT molecular complexity index is 1060. The van der Waals surface area contributed by atoms with Crippen LogP contribution in [0.15, 0.2) is 66.7 Å². The minimum Gasteiger partial charge on any atom is -0.493 e. The van der Waals surface area contributed by atoms with Crippen molar-refractivity contribution in [3.63, 3.8) is 0 Å². The molecule has 0 saturated carbocycles. The van der Waals surface area contributed by atoms with Crippen LogP contribution in [0, 0.1) is 0 Å². The van der Waals surface area contributed by atoms with E-state index >= 15 is 0 Å². The van der Waals surface area contributed by atoms with Crippen molar-refractivity contribution in [1.82, 2.24) is 4.90 Å². The van der Waals surface area contributed by atoms with Gasteiger partial charge in [0.25, 0.3) is 0 Å². The molecule has 1 N–H and O–H groups in total. The highest BCUT2D eigenvalue weighted by Gasteiger charge is 2.20. The van der Waals surface area contributed by atoms with Crippen LogP contribution in [0.1, 0.15) is 11.1 Å². The van der Waals surface area contributed by atoms with Gasteiger partial charge >= 0.3 is 6.03 Å². The standard InChI is InChI=1S/C24H22N2O3/c27-24(26-11-13-29-22-7-2-1-4-20(22)16-26)25-21-6-3-5-17(15-21)18-8-9-23-19(14-18)10-12-28-23/h1-9,14-15H,10-13,16H2,(H,25,27). The van der Waals surface area contributed by atoms with Gasteiger partial charge in [-0.3, -0.25) is 0 Å². The zero-order chi connectivity index (χ0) is 19.6. The zero-order valence-corrected chi connectivity index (χ0v) is 16.1. The summed E-state index contributed by atoms with van der Waals surface area (Å²) in [6.07, 6.45) is 0.943. The number of anilines is 1. The Balaban J connectivity index is 1.33. The molecule has 0 unspecified atom stereocenters. The van der Waals surface area contributed by atoms with Crippen LogP contribution in [0.2, 0.25) is 0 Å². The van der Waals surface area contributed by atoms with E-state index in [-0.39, 0.29) is 6.03 Å². The van der Waals surface area contributed by atoms with Crippen molar-refractivity contribution in [2.24, 2.45) is 0 Å². The van der Waals surface area contributed by atoms with Crippen molar-refractivity contribution >= 4 is 11.7 Å². The number of fused-ring (bicyclic) bond motifs is 2. The van der Waals surface area contributed by atoms with E-state index in [0.717, 1.165) is 46.9 Å². The molecule has 0 aromatic heterocycles. The van der Waals surface area contributed by atoms with E-state index in [0.29, 0.717) is 19.7 Å². The van der Waals surface area contributed by atoms with Crippen LogP contribution in [0.25, 0.3) is 11.1 Å². The summed E-state index contributed by atoms with van der Waals surface area (Å²) in [7, 11) is 0. The molecule has 5 rings (SSSR count). The third-order valence-corrected chi connectivity index (χ3v) is 5.38. The highest BCUT2D eigenvalue weighted by Crippen LogP contribution is 2.31. The van der Waals surface area contributed by atoms with E-state index in [9.17, 15) is 4.79 Å². The molecule has 3 aromatic carbocycles. The summed E-state index contributed by atoms with van der Waals surface area (Å²) in [4.78, 5) is 14.7. The van der Waals surface area contributed by atoms with Crippen LogP contribution in [-0.2, 0) is 13.0 Å². The molecule has 0 fully saturated rings. The number of urea groups is 1. The Kier molecular flexibility index (Phi) is 4.56. The van der Waals surface area contributed by atoms with Crippen molar-refractivity contribution in [2.75, 3.05) is 25.1 Å². The molecule has 0 radical (unpaired) electrons. The average Bonchev–Trinajstić information content (AvgIpc) is 3.11. The summed E-state index contributed by atoms with van der Waals surface area (Å²) in [5, 5.41) is 3.04. The van der Waals surface area contributed by atoms with Gasteiger partial charge in [-0.05, 0) is 47.0 Å². The van der Waals surface area contributed by atoms with Gasteiger partial charge in [-0.25, -0.2) is 4.79 Å². The molecule has 2 aliphatic rings. The quantitative estimate of drug-likeness (QED) is 0.694. The maximum Gasteiger partial charge on any atom is 0.322 e. The van der Waals surface area contributed by atoms with Gasteiger partial charge in [0, 0.05) is 17.7 Å². The summed E-state index contributed by atoms with van der Waals surface area (Å²) in [6.45, 7) is 2.32. The number of benzene rings is 3. The molecule has 5 heteroatoms. The van der Waals surface area contributed by atoms with E-state index in [1.54, 1.807) is 4.90 Å². The smallest absolute Gasteiger partial charge is 0.322 e. The Morgan fingerprint density at radius 3 is 2.62 bits per heavy atom. The number of carbonyl (C=O) groups excluding carboxylic acids is 1. The lowest BCUT2D eigenvalue weighted by Crippen LogP contribution is -2.36. The molecule has 146 valence electrons. The third-order valence-electron chi connectivity index (χ3n) is 5.38. The molecular formula is C24H22N2O3. The number of nitrogens with zero attached hydrogens (tertiary/aromatic N) is 1. The van der Waals surface area contributed by atoms with Gasteiger partial charge in [-0.2, -0.15) is 0 Å². The Labute approximate surface area is 169 Å². The van der Waals surface area contributed by atoms with E-state index < -0.39 is 0 Å². The van der Waals surface area contributed by atoms with Crippen molar-refractivity contribution in [2.45, 2.75) is 13.0 Å². The van der Waals surface area contributed by atoms with Crippen molar-refractivity contribution in [3.8, 4) is 22.6 Å². The first-order valence-corrected chi connectivity index (χ1v) is 9.89. The van der Waals surface area contributed by atoms with E-state index in [1.165, 1.54) is 5.56 Å². The maximum atomic E-state index is 12.9. The zero-order valence-electron chi connectivity index (χ0n) is 16.1. The first kappa shape index (κ1) is 17.6. The van der Waals surface area contributed by atoms with Crippen molar-refractivity contribution < 1.29 is 14.3 Å². The molecule has 0 spiro atoms. The molecule has 29 heavy (non-hydrogen) atoms. The normalized spacial score (nSPS) is 14.8. The number of nitrogens with one attached hydrogen (secondary N) is 1. The van der Waals surface area contributed by atoms with Gasteiger partial charge in [0.1, 0.15) is 18.1 Å². The molecule has 0 aliphatic carbocycles. The fraction of sp³-hybridized carbons (Fsp3) is 0.208. The van der Waals surface area contributed by atoms with Crippen LogP contribution >= 0.6 is 0 Å². The monoisotopic (exact) mass is 386 g/mol. The molecule has 5 nitrogen and oxygen atoms in total. The van der Waals surface area contributed by atoms with E-state index in [1.807, 2.05) is 48.5 Å². The minimum atomic E-state index is -0.121. The molecular weight excluding hydrogens is 364 g/mol. The van der Waals surface area contributed by atoms with Crippen LogP contribution in [0.4, 0.5) is 10.5 Å². The van der Waals surface area contributed by atoms with Crippen LogP contribution in [0.3, 0.4) is 0 Å². The number of amides is 2. The molecule has 3 aromatic rings. The number of ether oxygens (including phenoxy) is 2. The predicted octanol–water partition coefficient (Wildman–Crippen LogP) is 4.72. The van der Waals surface area contributed by atoms with Crippen LogP contribution in [-0.4, -0.2) is 30.7 Å². The summed E-state index contributed by atoms with van der Waals surface area (Å²) in [5.41, 5.74) is 5.24. The lowest BCUT2D eigenvalue weighted by molar-refractivity contribution is 0.200. The third kappa shape index (κ3) is 3.63. The number of hydrogen-bond acceptors (Lipinski definition) is 3. The van der Waals surface area contributed by atoms with Gasteiger partial charge < -0.3 is 19.7 Å². The van der Waals surface area contributed by atoms with Gasteiger partial charge in [0.05, 0.1) is 19.7 Å². The highest BCUT2D eigenvalue weighted by molar-refractivity contribution is 5.90. The lowest BCUT2D eigenvalue weighted by Gasteiger charge is -2.20. The molecule has 2 amide bonds. The summed E-state index contributed by atoms with van der Waals surface area (Å²) in [5.74, 6) is 1.83. The number of para-hydroxylation sites is 1. The lowest BCUT2D eigenvalue weighted by atomic mass is 10.0. The molecule has 0 atom stereocenters. The minimum absolute atomic E-state index is 0.121. The van der Waals surface area contributed by atoms with Crippen molar-refractivity contribution in [3.05, 3.63) is 77.9 Å². The molecule has 0 saturated heterocycles. The van der Waals surface area contributed by atoms with Crippen LogP contribution < -0.4 is 14.8 Å². The van der Waals surface area contributed by atoms with Gasteiger partial charge in [-0.15, -0.1) is 0 Å². The molecule has 0 bridgehead atoms. The van der Waals surface area contributed by atoms with Gasteiger partial charge in [-0.1, -0.05) is 36.4 Å². The van der Waals surface area contributed by atoms with Crippen molar-refractivity contribution in [1.29, 1.82) is 0 Å². The fourth-order valence-electron chi connectivity index (χ4n) is 3.84. The molecule has 2 aliphatic heterocycles. The van der Waals surface area contributed by atoms with Gasteiger partial charge in [0.2, 0.25) is 0 Å². The highest BCUT2D eigenvalue weighted by atomic mass is 16.5. The second kappa shape index (κ2) is 7.51. The number of carbonyl (C=O) groups is 1. The largest absolute Gasteiger partial charge is 0.493 e. The Morgan fingerprint density at radius 2 is 1.66 bits per heavy atom. The first-order valence-electron chi connectivity index (χ1n) is 9.89. The summed E-state index contributed by atoms with van der Waals surface area (Å²) < 4.78 is 11.4. The van der Waals surface area contributed by atoms with Gasteiger partial charge in [0.15, 0.2) is 0 Å². The fourth-order valence-corrected chi connectivity index (χ4v) is 3.84. The first-order chi connectivity index (χ1) is 14.3. The summed E-state index contributed by atoms with van der Waals surface area (Å²) in [6, 6.07) is 22.0. The maximum absolute atomic E-state index is 12.9. The average molecular weight is 386 g/mol. The predicted molar refractivity (Wildman–Crippen MR) is 112 cm³/mol. The summed E-state index contributed by atoms with van der Waals surface area (Å²) >= 11 is 0. The second-order valence-corrected chi connectivity index (χ2v) is 7.31. The number of hydrogen-bond donors (Lipinski definition) is 1. The Morgan fingerprint density at radius 1 is 0.828 bits per heavy atom.